The zero-order chi connectivity index (χ0) is 33.4. The molecule has 1 fully saturated rings. The third-order valence-electron chi connectivity index (χ3n) is 8.48. The molecule has 246 valence electrons. The number of sulfonamides is 1. The van der Waals surface area contributed by atoms with E-state index in [0.717, 1.165) is 53.1 Å². The minimum Gasteiger partial charge on any atom is -0.352 e. The first kappa shape index (κ1) is 34.5. The van der Waals surface area contributed by atoms with E-state index in [0.29, 0.717) is 5.02 Å². The third-order valence-corrected chi connectivity index (χ3v) is 10.8. The van der Waals surface area contributed by atoms with E-state index >= 15 is 0 Å². The van der Waals surface area contributed by atoms with Gasteiger partial charge in [0.1, 0.15) is 12.6 Å². The molecule has 2 amide bonds. The van der Waals surface area contributed by atoms with Crippen LogP contribution in [0.15, 0.2) is 108 Å². The van der Waals surface area contributed by atoms with Crippen LogP contribution in [-0.4, -0.2) is 43.8 Å². The molecule has 0 aliphatic heterocycles. The van der Waals surface area contributed by atoms with Crippen LogP contribution in [0.5, 0.6) is 0 Å². The fourth-order valence-electron chi connectivity index (χ4n) is 5.90. The summed E-state index contributed by atoms with van der Waals surface area (Å²) in [5.41, 5.74) is 2.86. The monoisotopic (exact) mass is 691 g/mol. The highest BCUT2D eigenvalue weighted by Gasteiger charge is 2.36. The number of hydrogen-bond acceptors (Lipinski definition) is 4. The minimum atomic E-state index is -4.27. The number of carbonyl (C=O) groups is 2. The van der Waals surface area contributed by atoms with Gasteiger partial charge in [-0.2, -0.15) is 0 Å². The average Bonchev–Trinajstić information content (AvgIpc) is 3.07. The molecule has 1 aliphatic rings. The Morgan fingerprint density at radius 1 is 0.830 bits per heavy atom. The van der Waals surface area contributed by atoms with Gasteiger partial charge in [-0.05, 0) is 61.2 Å². The van der Waals surface area contributed by atoms with Crippen LogP contribution in [0.4, 0.5) is 5.69 Å². The Labute approximate surface area is 287 Å². The number of aryl methyl sites for hydroxylation is 1. The molecule has 0 unspecified atom stereocenters. The minimum absolute atomic E-state index is 0.000205. The number of nitrogens with zero attached hydrogens (tertiary/aromatic N) is 2. The molecule has 7 nitrogen and oxygen atoms in total. The number of hydrogen-bond donors (Lipinski definition) is 1. The van der Waals surface area contributed by atoms with Crippen LogP contribution < -0.4 is 9.62 Å². The zero-order valence-corrected chi connectivity index (χ0v) is 28.6. The Morgan fingerprint density at radius 3 is 2.11 bits per heavy atom. The van der Waals surface area contributed by atoms with Crippen LogP contribution in [0.1, 0.15) is 48.8 Å². The van der Waals surface area contributed by atoms with Gasteiger partial charge in [0.25, 0.3) is 10.0 Å². The van der Waals surface area contributed by atoms with Crippen molar-refractivity contribution in [2.75, 3.05) is 10.8 Å². The van der Waals surface area contributed by atoms with Gasteiger partial charge in [-0.3, -0.25) is 13.9 Å². The van der Waals surface area contributed by atoms with E-state index in [-0.39, 0.29) is 40.5 Å². The Hall–Kier alpha value is -3.85. The van der Waals surface area contributed by atoms with Crippen molar-refractivity contribution >= 4 is 50.7 Å². The predicted molar refractivity (Wildman–Crippen MR) is 188 cm³/mol. The highest BCUT2D eigenvalue weighted by atomic mass is 35.5. The first-order valence-electron chi connectivity index (χ1n) is 15.8. The number of amides is 2. The molecule has 1 saturated carbocycles. The highest BCUT2D eigenvalue weighted by Crippen LogP contribution is 2.33. The summed E-state index contributed by atoms with van der Waals surface area (Å²) in [6, 6.07) is 28.7. The van der Waals surface area contributed by atoms with Gasteiger partial charge >= 0.3 is 0 Å². The lowest BCUT2D eigenvalue weighted by atomic mass is 9.94. The van der Waals surface area contributed by atoms with Crippen molar-refractivity contribution in [3.63, 3.8) is 0 Å². The van der Waals surface area contributed by atoms with E-state index in [1.54, 1.807) is 18.2 Å². The fraction of sp³-hybridized carbons (Fsp3) is 0.297. The molecule has 1 aliphatic carbocycles. The second kappa shape index (κ2) is 15.8. The summed E-state index contributed by atoms with van der Waals surface area (Å²) >= 11 is 12.7. The normalized spacial score (nSPS) is 14.3. The number of nitrogens with one attached hydrogen (secondary N) is 1. The van der Waals surface area contributed by atoms with E-state index in [2.05, 4.69) is 5.32 Å². The van der Waals surface area contributed by atoms with Gasteiger partial charge in [-0.15, -0.1) is 0 Å². The van der Waals surface area contributed by atoms with Crippen molar-refractivity contribution in [2.24, 2.45) is 0 Å². The first-order chi connectivity index (χ1) is 22.6. The van der Waals surface area contributed by atoms with Crippen LogP contribution in [0.3, 0.4) is 0 Å². The molecular weight excluding hydrogens is 653 g/mol. The molecule has 0 heterocycles. The maximum atomic E-state index is 14.7. The molecule has 1 N–H and O–H groups in total. The molecule has 4 aromatic rings. The van der Waals surface area contributed by atoms with Gasteiger partial charge in [0.05, 0.1) is 15.6 Å². The lowest BCUT2D eigenvalue weighted by Crippen LogP contribution is -2.55. The lowest BCUT2D eigenvalue weighted by molar-refractivity contribution is -0.140. The highest BCUT2D eigenvalue weighted by molar-refractivity contribution is 7.92. The smallest absolute Gasteiger partial charge is 0.264 e. The Bertz CT molecular complexity index is 1760. The molecule has 0 spiro atoms. The van der Waals surface area contributed by atoms with Crippen molar-refractivity contribution in [2.45, 2.75) is 69.0 Å². The third kappa shape index (κ3) is 8.95. The molecule has 5 rings (SSSR count). The molecule has 47 heavy (non-hydrogen) atoms. The topological polar surface area (TPSA) is 86.8 Å². The zero-order valence-electron chi connectivity index (χ0n) is 26.3. The summed E-state index contributed by atoms with van der Waals surface area (Å²) in [7, 11) is -4.27. The van der Waals surface area contributed by atoms with E-state index in [9.17, 15) is 18.0 Å². The SMILES string of the molecule is Cc1ccc(CN(C(=O)CN(c2ccc(Cl)cc2Cl)S(=O)(=O)c2ccccc2)[C@H](Cc2ccccc2)C(=O)NC2CCCCC2)cc1. The van der Waals surface area contributed by atoms with Crippen LogP contribution in [0.2, 0.25) is 10.0 Å². The fourth-order valence-corrected chi connectivity index (χ4v) is 7.92. The molecule has 0 bridgehead atoms. The van der Waals surface area contributed by atoms with E-state index in [4.69, 9.17) is 23.2 Å². The first-order valence-corrected chi connectivity index (χ1v) is 18.0. The van der Waals surface area contributed by atoms with Crippen molar-refractivity contribution < 1.29 is 18.0 Å². The molecule has 1 atom stereocenters. The second-order valence-corrected chi connectivity index (χ2v) is 14.7. The van der Waals surface area contributed by atoms with Gasteiger partial charge in [-0.1, -0.05) is 121 Å². The summed E-state index contributed by atoms with van der Waals surface area (Å²) in [5, 5.41) is 3.62. The summed E-state index contributed by atoms with van der Waals surface area (Å²) < 4.78 is 29.3. The van der Waals surface area contributed by atoms with Gasteiger partial charge in [0.2, 0.25) is 11.8 Å². The van der Waals surface area contributed by atoms with Gasteiger partial charge in [0, 0.05) is 24.0 Å². The van der Waals surface area contributed by atoms with E-state index in [1.807, 2.05) is 61.5 Å². The molecule has 10 heteroatoms. The number of halogens is 2. The molecule has 4 aromatic carbocycles. The Morgan fingerprint density at radius 2 is 1.47 bits per heavy atom. The van der Waals surface area contributed by atoms with E-state index in [1.165, 1.54) is 35.2 Å². The van der Waals surface area contributed by atoms with Crippen molar-refractivity contribution in [3.8, 4) is 0 Å². The Balaban J connectivity index is 1.57. The van der Waals surface area contributed by atoms with E-state index < -0.39 is 28.5 Å². The number of carbonyl (C=O) groups excluding carboxylic acids is 2. The van der Waals surface area contributed by atoms with Crippen LogP contribution in [-0.2, 0) is 32.6 Å². The maximum absolute atomic E-state index is 14.7. The van der Waals surface area contributed by atoms with Gasteiger partial charge in [0.15, 0.2) is 0 Å². The maximum Gasteiger partial charge on any atom is 0.264 e. The average molecular weight is 693 g/mol. The number of anilines is 1. The van der Waals surface area contributed by atoms with Crippen LogP contribution in [0.25, 0.3) is 0 Å². The van der Waals surface area contributed by atoms with Crippen LogP contribution >= 0.6 is 23.2 Å². The van der Waals surface area contributed by atoms with Gasteiger partial charge in [-0.25, -0.2) is 8.42 Å². The molecular formula is C37H39Cl2N3O4S. The van der Waals surface area contributed by atoms with Crippen molar-refractivity contribution in [3.05, 3.63) is 130 Å². The summed E-state index contributed by atoms with van der Waals surface area (Å²) in [6.45, 7) is 1.49. The quantitative estimate of drug-likeness (QED) is 0.166. The van der Waals surface area contributed by atoms with Crippen molar-refractivity contribution in [1.82, 2.24) is 10.2 Å². The summed E-state index contributed by atoms with van der Waals surface area (Å²) in [6.07, 6.45) is 5.23. The standard InChI is InChI=1S/C37H39Cl2N3O4S/c1-27-17-19-29(20-18-27)25-41(35(23-28-11-5-2-6-12-28)37(44)40-31-13-7-3-8-14-31)36(43)26-42(34-22-21-30(38)24-33(34)39)47(45,46)32-15-9-4-10-16-32/h2,4-6,9-12,15-22,24,31,35H,3,7-8,13-14,23,25-26H2,1H3,(H,40,44)/t35-/m1/s1. The summed E-state index contributed by atoms with van der Waals surface area (Å²) in [4.78, 5) is 30.4. The molecule has 0 aromatic heterocycles. The molecule has 0 radical (unpaired) electrons. The van der Waals surface area contributed by atoms with Crippen LogP contribution in [0, 0.1) is 6.92 Å². The van der Waals surface area contributed by atoms with Crippen molar-refractivity contribution in [1.29, 1.82) is 0 Å². The van der Waals surface area contributed by atoms with Gasteiger partial charge < -0.3 is 10.2 Å². The number of rotatable bonds is 12. The predicted octanol–water partition coefficient (Wildman–Crippen LogP) is 7.59. The largest absolute Gasteiger partial charge is 0.352 e. The second-order valence-electron chi connectivity index (χ2n) is 12.0. The Kier molecular flexibility index (Phi) is 11.6. The lowest BCUT2D eigenvalue weighted by Gasteiger charge is -2.35. The number of benzene rings is 4. The molecule has 0 saturated heterocycles. The summed E-state index contributed by atoms with van der Waals surface area (Å²) in [5.74, 6) is -0.806.